The highest BCUT2D eigenvalue weighted by atomic mass is 32.2. The van der Waals surface area contributed by atoms with E-state index in [1.165, 1.54) is 12.1 Å². The number of benzene rings is 3. The van der Waals surface area contributed by atoms with Gasteiger partial charge in [0.2, 0.25) is 0 Å². The molecule has 1 aliphatic heterocycles. The number of halogens is 3. The maximum Gasteiger partial charge on any atom is 0.416 e. The van der Waals surface area contributed by atoms with Gasteiger partial charge in [-0.25, -0.2) is 0 Å². The third-order valence-corrected chi connectivity index (χ3v) is 5.99. The van der Waals surface area contributed by atoms with E-state index < -0.39 is 11.7 Å². The highest BCUT2D eigenvalue weighted by Crippen LogP contribution is 2.40. The quantitative estimate of drug-likeness (QED) is 0.482. The molecule has 3 aromatic carbocycles. The number of rotatable bonds is 4. The summed E-state index contributed by atoms with van der Waals surface area (Å²) >= 11 is 1.62. The third-order valence-electron chi connectivity index (χ3n) is 4.73. The smallest absolute Gasteiger partial charge is 0.416 e. The summed E-state index contributed by atoms with van der Waals surface area (Å²) in [5.41, 5.74) is 0.385. The molecule has 30 heavy (non-hydrogen) atoms. The molecule has 0 saturated carbocycles. The van der Waals surface area contributed by atoms with Crippen LogP contribution in [0.5, 0.6) is 11.5 Å². The lowest BCUT2D eigenvalue weighted by Gasteiger charge is -2.24. The molecule has 154 valence electrons. The maximum atomic E-state index is 13.0. The molecule has 0 aromatic heterocycles. The van der Waals surface area contributed by atoms with Gasteiger partial charge in [-0.15, -0.1) is 11.8 Å². The molecule has 0 unspecified atom stereocenters. The second-order valence-corrected chi connectivity index (χ2v) is 7.97. The molecule has 0 N–H and O–H groups in total. The van der Waals surface area contributed by atoms with Crippen LogP contribution in [0, 0.1) is 0 Å². The molecule has 3 aromatic rings. The number of para-hydroxylation sites is 1. The van der Waals surface area contributed by atoms with Crippen LogP contribution in [0.1, 0.15) is 26.9 Å². The first-order valence-electron chi connectivity index (χ1n) is 9.34. The van der Waals surface area contributed by atoms with Crippen molar-refractivity contribution in [2.45, 2.75) is 11.6 Å². The van der Waals surface area contributed by atoms with Crippen molar-refractivity contribution in [1.29, 1.82) is 0 Å². The molecule has 0 aliphatic carbocycles. The number of hydrogen-bond donors (Lipinski definition) is 0. The van der Waals surface area contributed by atoms with Gasteiger partial charge in [-0.3, -0.25) is 4.79 Å². The van der Waals surface area contributed by atoms with Gasteiger partial charge in [0.25, 0.3) is 5.91 Å². The number of carbonyl (C=O) groups excluding carboxylic acids is 1. The second-order valence-electron chi connectivity index (χ2n) is 6.78. The van der Waals surface area contributed by atoms with Crippen molar-refractivity contribution in [3.05, 3.63) is 95.6 Å². The van der Waals surface area contributed by atoms with Crippen molar-refractivity contribution in [2.75, 3.05) is 12.3 Å². The number of ether oxygens (including phenoxy) is 1. The molecule has 1 heterocycles. The van der Waals surface area contributed by atoms with E-state index in [2.05, 4.69) is 0 Å². The van der Waals surface area contributed by atoms with Crippen LogP contribution in [0.2, 0.25) is 0 Å². The summed E-state index contributed by atoms with van der Waals surface area (Å²) in [5.74, 6) is 1.84. The Bertz CT molecular complexity index is 1020. The summed E-state index contributed by atoms with van der Waals surface area (Å²) < 4.78 is 44.3. The van der Waals surface area contributed by atoms with Crippen LogP contribution in [0.25, 0.3) is 0 Å². The van der Waals surface area contributed by atoms with Gasteiger partial charge in [-0.2, -0.15) is 13.2 Å². The largest absolute Gasteiger partial charge is 0.457 e. The first-order valence-corrected chi connectivity index (χ1v) is 10.4. The third kappa shape index (κ3) is 4.46. The van der Waals surface area contributed by atoms with E-state index in [9.17, 15) is 18.0 Å². The summed E-state index contributed by atoms with van der Waals surface area (Å²) in [6.07, 6.45) is -4.42. The molecule has 3 nitrogen and oxygen atoms in total. The zero-order chi connectivity index (χ0) is 21.1. The van der Waals surface area contributed by atoms with Gasteiger partial charge >= 0.3 is 6.18 Å². The molecular formula is C23H18F3NO2S. The summed E-state index contributed by atoms with van der Waals surface area (Å²) in [7, 11) is 0. The summed E-state index contributed by atoms with van der Waals surface area (Å²) in [5, 5.41) is -0.223. The molecule has 7 heteroatoms. The van der Waals surface area contributed by atoms with Crippen molar-refractivity contribution in [1.82, 2.24) is 4.90 Å². The summed E-state index contributed by atoms with van der Waals surface area (Å²) in [6, 6.07) is 21.3. The minimum atomic E-state index is -4.42. The van der Waals surface area contributed by atoms with Crippen LogP contribution in [-0.4, -0.2) is 23.1 Å². The molecule has 0 radical (unpaired) electrons. The predicted molar refractivity (Wildman–Crippen MR) is 111 cm³/mol. The van der Waals surface area contributed by atoms with Gasteiger partial charge in [0, 0.05) is 17.9 Å². The number of carbonyl (C=O) groups is 1. The zero-order valence-corrected chi connectivity index (χ0v) is 16.6. The molecule has 0 bridgehead atoms. The van der Waals surface area contributed by atoms with Crippen molar-refractivity contribution < 1.29 is 22.7 Å². The van der Waals surface area contributed by atoms with Gasteiger partial charge in [0.05, 0.1) is 5.56 Å². The monoisotopic (exact) mass is 429 g/mol. The Hall–Kier alpha value is -2.93. The fourth-order valence-corrected chi connectivity index (χ4v) is 4.52. The lowest BCUT2D eigenvalue weighted by Crippen LogP contribution is -2.30. The van der Waals surface area contributed by atoms with Crippen LogP contribution in [0.15, 0.2) is 78.9 Å². The molecular weight excluding hydrogens is 411 g/mol. The molecule has 1 fully saturated rings. The first kappa shape index (κ1) is 20.3. The SMILES string of the molecule is O=C(c1ccc(C(F)(F)F)cc1)N1CCS[C@H]1c1cccc(Oc2ccccc2)c1. The molecule has 0 spiro atoms. The van der Waals surface area contributed by atoms with Crippen LogP contribution in [0.4, 0.5) is 13.2 Å². The first-order chi connectivity index (χ1) is 14.4. The van der Waals surface area contributed by atoms with E-state index in [-0.39, 0.29) is 16.8 Å². The van der Waals surface area contributed by atoms with Crippen molar-refractivity contribution in [2.24, 2.45) is 0 Å². The Morgan fingerprint density at radius 2 is 1.63 bits per heavy atom. The normalized spacial score (nSPS) is 16.5. The Kier molecular flexibility index (Phi) is 5.72. The number of amides is 1. The van der Waals surface area contributed by atoms with E-state index in [0.29, 0.717) is 18.0 Å². The predicted octanol–water partition coefficient (Wildman–Crippen LogP) is 6.39. The van der Waals surface area contributed by atoms with Crippen LogP contribution in [-0.2, 0) is 6.18 Å². The highest BCUT2D eigenvalue weighted by Gasteiger charge is 2.33. The van der Waals surface area contributed by atoms with Crippen molar-refractivity contribution >= 4 is 17.7 Å². The molecule has 4 rings (SSSR count). The average Bonchev–Trinajstić information content (AvgIpc) is 3.24. The van der Waals surface area contributed by atoms with Crippen molar-refractivity contribution in [3.63, 3.8) is 0 Å². The Morgan fingerprint density at radius 1 is 0.933 bits per heavy atom. The lowest BCUT2D eigenvalue weighted by molar-refractivity contribution is -0.137. The Labute approximate surface area is 176 Å². The van der Waals surface area contributed by atoms with Crippen molar-refractivity contribution in [3.8, 4) is 11.5 Å². The topological polar surface area (TPSA) is 29.5 Å². The molecule has 1 amide bonds. The fourth-order valence-electron chi connectivity index (χ4n) is 3.28. The van der Waals surface area contributed by atoms with Gasteiger partial charge in [-0.1, -0.05) is 30.3 Å². The Balaban J connectivity index is 1.53. The van der Waals surface area contributed by atoms with E-state index in [1.54, 1.807) is 16.7 Å². The van der Waals surface area contributed by atoms with Gasteiger partial charge in [-0.05, 0) is 54.1 Å². The standard InChI is InChI=1S/C23H18F3NO2S/c24-23(25,26)18-11-9-16(10-12-18)21(28)27-13-14-30-22(27)17-5-4-8-20(15-17)29-19-6-2-1-3-7-19/h1-12,15,22H,13-14H2/t22-/m0/s1. The van der Waals surface area contributed by atoms with E-state index in [4.69, 9.17) is 4.74 Å². The second kappa shape index (κ2) is 8.44. The van der Waals surface area contributed by atoms with E-state index >= 15 is 0 Å². The lowest BCUT2D eigenvalue weighted by atomic mass is 10.1. The van der Waals surface area contributed by atoms with Crippen LogP contribution >= 0.6 is 11.8 Å². The minimum absolute atomic E-state index is 0.223. The average molecular weight is 429 g/mol. The number of alkyl halides is 3. The molecule has 1 aliphatic rings. The number of thioether (sulfide) groups is 1. The fraction of sp³-hybridized carbons (Fsp3) is 0.174. The number of nitrogens with zero attached hydrogens (tertiary/aromatic N) is 1. The minimum Gasteiger partial charge on any atom is -0.457 e. The van der Waals surface area contributed by atoms with Crippen LogP contribution < -0.4 is 4.74 Å². The van der Waals surface area contributed by atoms with Gasteiger partial charge in [0.1, 0.15) is 16.9 Å². The number of hydrogen-bond acceptors (Lipinski definition) is 3. The molecule has 1 atom stereocenters. The Morgan fingerprint density at radius 3 is 2.33 bits per heavy atom. The summed E-state index contributed by atoms with van der Waals surface area (Å²) in [4.78, 5) is 14.7. The van der Waals surface area contributed by atoms with Gasteiger partial charge < -0.3 is 9.64 Å². The van der Waals surface area contributed by atoms with E-state index in [0.717, 1.165) is 23.4 Å². The van der Waals surface area contributed by atoms with E-state index in [1.807, 2.05) is 54.6 Å². The van der Waals surface area contributed by atoms with Gasteiger partial charge in [0.15, 0.2) is 0 Å². The van der Waals surface area contributed by atoms with Crippen LogP contribution in [0.3, 0.4) is 0 Å². The molecule has 1 saturated heterocycles. The highest BCUT2D eigenvalue weighted by molar-refractivity contribution is 7.99. The zero-order valence-electron chi connectivity index (χ0n) is 15.8. The maximum absolute atomic E-state index is 13.0. The summed E-state index contributed by atoms with van der Waals surface area (Å²) in [6.45, 7) is 0.527.